The van der Waals surface area contributed by atoms with Gasteiger partial charge in [0.25, 0.3) is 0 Å². The van der Waals surface area contributed by atoms with Gasteiger partial charge in [0.05, 0.1) is 13.2 Å². The third-order valence-electron chi connectivity index (χ3n) is 8.36. The van der Waals surface area contributed by atoms with E-state index in [1.165, 1.54) is 103 Å². The highest BCUT2D eigenvalue weighted by molar-refractivity contribution is 7.47. The number of phosphoric acid groups is 1. The zero-order chi connectivity index (χ0) is 35.7. The molecule has 0 fully saturated rings. The second-order valence-corrected chi connectivity index (χ2v) is 14.5. The fourth-order valence-corrected chi connectivity index (χ4v) is 6.08. The minimum Gasteiger partial charge on any atom is -0.480 e. The van der Waals surface area contributed by atoms with E-state index < -0.39 is 51.1 Å². The fourth-order valence-electron chi connectivity index (χ4n) is 5.30. The van der Waals surface area contributed by atoms with Crippen LogP contribution in [0.25, 0.3) is 0 Å². The number of nitrogens with two attached hydrogens (primary N) is 1. The number of esters is 2. The van der Waals surface area contributed by atoms with Crippen LogP contribution in [-0.2, 0) is 37.5 Å². The third-order valence-corrected chi connectivity index (χ3v) is 9.31. The lowest BCUT2D eigenvalue weighted by Crippen LogP contribution is -2.34. The van der Waals surface area contributed by atoms with Crippen LogP contribution in [-0.4, -0.2) is 59.9 Å². The number of rotatable bonds is 36. The molecule has 0 heterocycles. The Balaban J connectivity index is 4.41. The van der Waals surface area contributed by atoms with E-state index in [1.54, 1.807) is 0 Å². The lowest BCUT2D eigenvalue weighted by Gasteiger charge is -2.20. The van der Waals surface area contributed by atoms with Gasteiger partial charge in [-0.05, 0) is 12.8 Å². The smallest absolute Gasteiger partial charge is 0.472 e. The summed E-state index contributed by atoms with van der Waals surface area (Å²) in [5.74, 6) is -2.37. The molecule has 48 heavy (non-hydrogen) atoms. The molecule has 0 spiro atoms. The van der Waals surface area contributed by atoms with Crippen molar-refractivity contribution in [2.24, 2.45) is 5.73 Å². The van der Waals surface area contributed by atoms with Gasteiger partial charge < -0.3 is 25.2 Å². The van der Waals surface area contributed by atoms with Crippen molar-refractivity contribution in [2.45, 2.75) is 193 Å². The van der Waals surface area contributed by atoms with Crippen LogP contribution < -0.4 is 5.73 Å². The van der Waals surface area contributed by atoms with Crippen LogP contribution in [0.1, 0.15) is 181 Å². The Labute approximate surface area is 291 Å². The highest BCUT2D eigenvalue weighted by Gasteiger charge is 2.28. The molecule has 0 amide bonds. The summed E-state index contributed by atoms with van der Waals surface area (Å²) in [6.45, 7) is 2.78. The van der Waals surface area contributed by atoms with Crippen molar-refractivity contribution >= 4 is 25.7 Å². The Bertz CT molecular complexity index is 844. The van der Waals surface area contributed by atoms with E-state index in [2.05, 4.69) is 18.4 Å². The first kappa shape index (κ1) is 46.5. The molecule has 0 aromatic rings. The molecule has 0 aliphatic carbocycles. The highest BCUT2D eigenvalue weighted by atomic mass is 31.2. The van der Waals surface area contributed by atoms with Crippen molar-refractivity contribution in [3.8, 4) is 0 Å². The lowest BCUT2D eigenvalue weighted by atomic mass is 10.0. The molecule has 0 radical (unpaired) electrons. The Morgan fingerprint density at radius 2 is 0.917 bits per heavy atom. The standard InChI is InChI=1S/C36H70NO10P/c1-3-5-7-9-11-13-15-16-17-18-20-22-24-26-28-35(39)47-32(30-45-48(42,43)46-31-33(37)36(40)41)29-44-34(38)27-25-23-21-19-14-12-10-8-6-4-2/h32-33H,3-31,37H2,1-2H3,(H,40,41)(H,42,43)/t32-,33+/m1/s1. The van der Waals surface area contributed by atoms with Crippen molar-refractivity contribution in [2.75, 3.05) is 19.8 Å². The molecule has 12 heteroatoms. The summed E-state index contributed by atoms with van der Waals surface area (Å²) >= 11 is 0. The molecule has 0 aromatic carbocycles. The van der Waals surface area contributed by atoms with Gasteiger partial charge in [0.15, 0.2) is 6.10 Å². The number of aliphatic carboxylic acids is 1. The molecule has 4 N–H and O–H groups in total. The lowest BCUT2D eigenvalue weighted by molar-refractivity contribution is -0.161. The maximum atomic E-state index is 12.5. The fraction of sp³-hybridized carbons (Fsp3) is 0.917. The summed E-state index contributed by atoms with van der Waals surface area (Å²) in [5, 5.41) is 8.85. The molecule has 11 nitrogen and oxygen atoms in total. The van der Waals surface area contributed by atoms with E-state index in [0.29, 0.717) is 12.8 Å². The Kier molecular flexibility index (Phi) is 31.6. The number of phosphoric ester groups is 1. The van der Waals surface area contributed by atoms with Gasteiger partial charge in [-0.3, -0.25) is 23.4 Å². The maximum absolute atomic E-state index is 12.5. The molecule has 1 unspecified atom stereocenters. The number of carbonyl (C=O) groups excluding carboxylic acids is 2. The average Bonchev–Trinajstić information content (AvgIpc) is 3.05. The number of carboxylic acid groups (broad SMARTS) is 1. The first-order valence-corrected chi connectivity index (χ1v) is 20.6. The SMILES string of the molecule is CCCCCCCCCCCCCCCCC(=O)O[C@H](COC(=O)CCCCCCCCCCCC)COP(=O)(O)OC[C@H](N)C(=O)O. The minimum absolute atomic E-state index is 0.168. The van der Waals surface area contributed by atoms with Crippen molar-refractivity contribution in [3.63, 3.8) is 0 Å². The normalized spacial score (nSPS) is 13.9. The summed E-state index contributed by atoms with van der Waals surface area (Å²) in [4.78, 5) is 45.6. The van der Waals surface area contributed by atoms with Crippen molar-refractivity contribution in [1.82, 2.24) is 0 Å². The predicted molar refractivity (Wildman–Crippen MR) is 190 cm³/mol. The van der Waals surface area contributed by atoms with Gasteiger partial charge >= 0.3 is 25.7 Å². The third kappa shape index (κ3) is 31.7. The second-order valence-electron chi connectivity index (χ2n) is 13.1. The van der Waals surface area contributed by atoms with E-state index in [0.717, 1.165) is 38.5 Å². The Hall–Kier alpha value is -1.52. The quantitative estimate of drug-likeness (QED) is 0.0322. The van der Waals surface area contributed by atoms with Crippen LogP contribution in [0, 0.1) is 0 Å². The van der Waals surface area contributed by atoms with Crippen LogP contribution in [0.4, 0.5) is 0 Å². The van der Waals surface area contributed by atoms with Crippen molar-refractivity contribution < 1.29 is 47.5 Å². The van der Waals surface area contributed by atoms with Crippen LogP contribution in [0.5, 0.6) is 0 Å². The molecule has 0 aliphatic rings. The summed E-state index contributed by atoms with van der Waals surface area (Å²) < 4.78 is 32.5. The number of carboxylic acids is 1. The van der Waals surface area contributed by atoms with Gasteiger partial charge in [0, 0.05) is 12.8 Å². The first-order chi connectivity index (χ1) is 23.1. The van der Waals surface area contributed by atoms with Gasteiger partial charge in [-0.1, -0.05) is 155 Å². The summed E-state index contributed by atoms with van der Waals surface area (Å²) in [6.07, 6.45) is 27.5. The molecule has 0 bridgehead atoms. The molecular formula is C36H70NO10P. The van der Waals surface area contributed by atoms with Crippen molar-refractivity contribution in [3.05, 3.63) is 0 Å². The van der Waals surface area contributed by atoms with Gasteiger partial charge in [-0.25, -0.2) is 4.57 Å². The molecule has 3 atom stereocenters. The molecule has 284 valence electrons. The van der Waals surface area contributed by atoms with E-state index >= 15 is 0 Å². The molecule has 0 aromatic heterocycles. The minimum atomic E-state index is -4.70. The van der Waals surface area contributed by atoms with Crippen LogP contribution in [0.3, 0.4) is 0 Å². The number of ether oxygens (including phenoxy) is 2. The zero-order valence-electron chi connectivity index (χ0n) is 30.3. The molecule has 0 saturated carbocycles. The number of hydrogen-bond donors (Lipinski definition) is 3. The Morgan fingerprint density at radius 1 is 0.562 bits per heavy atom. The highest BCUT2D eigenvalue weighted by Crippen LogP contribution is 2.43. The predicted octanol–water partition coefficient (Wildman–Crippen LogP) is 9.17. The molecule has 0 saturated heterocycles. The molecule has 0 aliphatic heterocycles. The second kappa shape index (κ2) is 32.7. The number of hydrogen-bond acceptors (Lipinski definition) is 9. The zero-order valence-corrected chi connectivity index (χ0v) is 31.2. The number of unbranched alkanes of at least 4 members (excludes halogenated alkanes) is 22. The van der Waals surface area contributed by atoms with E-state index in [-0.39, 0.29) is 19.4 Å². The average molecular weight is 708 g/mol. The van der Waals surface area contributed by atoms with Crippen LogP contribution in [0.15, 0.2) is 0 Å². The van der Waals surface area contributed by atoms with E-state index in [4.69, 9.17) is 24.8 Å². The van der Waals surface area contributed by atoms with Crippen LogP contribution >= 0.6 is 7.82 Å². The van der Waals surface area contributed by atoms with E-state index in [9.17, 15) is 23.8 Å². The molecular weight excluding hydrogens is 637 g/mol. The van der Waals surface area contributed by atoms with Gasteiger partial charge in [-0.15, -0.1) is 0 Å². The maximum Gasteiger partial charge on any atom is 0.472 e. The Morgan fingerprint density at radius 3 is 1.31 bits per heavy atom. The summed E-state index contributed by atoms with van der Waals surface area (Å²) in [6, 6.07) is -1.51. The van der Waals surface area contributed by atoms with Gasteiger partial charge in [0.2, 0.25) is 0 Å². The number of carbonyl (C=O) groups is 3. The topological polar surface area (TPSA) is 172 Å². The van der Waals surface area contributed by atoms with Gasteiger partial charge in [-0.2, -0.15) is 0 Å². The van der Waals surface area contributed by atoms with Crippen molar-refractivity contribution in [1.29, 1.82) is 0 Å². The summed E-state index contributed by atoms with van der Waals surface area (Å²) in [7, 11) is -4.70. The summed E-state index contributed by atoms with van der Waals surface area (Å²) in [5.41, 5.74) is 5.31. The van der Waals surface area contributed by atoms with E-state index in [1.807, 2.05) is 0 Å². The first-order valence-electron chi connectivity index (χ1n) is 19.1. The van der Waals surface area contributed by atoms with Gasteiger partial charge in [0.1, 0.15) is 12.6 Å². The monoisotopic (exact) mass is 707 g/mol. The van der Waals surface area contributed by atoms with Crippen LogP contribution in [0.2, 0.25) is 0 Å². The molecule has 0 rings (SSSR count). The largest absolute Gasteiger partial charge is 0.480 e.